The Hall–Kier alpha value is -2.42. The van der Waals surface area contributed by atoms with Crippen molar-refractivity contribution in [3.8, 4) is 5.75 Å². The fourth-order valence-corrected chi connectivity index (χ4v) is 7.12. The highest BCUT2D eigenvalue weighted by atomic mass is 32.1. The van der Waals surface area contributed by atoms with Crippen LogP contribution in [-0.4, -0.2) is 57.4 Å². The molecule has 2 aromatic rings. The van der Waals surface area contributed by atoms with E-state index in [1.165, 1.54) is 0 Å². The highest BCUT2D eigenvalue weighted by Gasteiger charge is 2.59. The van der Waals surface area contributed by atoms with Gasteiger partial charge in [-0.2, -0.15) is 0 Å². The number of aromatic nitrogens is 1. The number of aliphatic hydroxyl groups is 2. The molecular formula is C26H35N3O4S. The van der Waals surface area contributed by atoms with Crippen molar-refractivity contribution in [1.29, 1.82) is 0 Å². The van der Waals surface area contributed by atoms with Crippen LogP contribution in [0.1, 0.15) is 49.6 Å². The molecule has 0 spiro atoms. The first-order valence-corrected chi connectivity index (χ1v) is 12.6. The van der Waals surface area contributed by atoms with E-state index in [1.54, 1.807) is 47.6 Å². The molecule has 1 saturated carbocycles. The summed E-state index contributed by atoms with van der Waals surface area (Å²) in [5.74, 6) is 0.0875. The number of rotatable bonds is 7. The highest BCUT2D eigenvalue weighted by Crippen LogP contribution is 2.63. The average molecular weight is 486 g/mol. The molecule has 8 heteroatoms. The summed E-state index contributed by atoms with van der Waals surface area (Å²) in [5, 5.41) is 35.1. The third-order valence-electron chi connectivity index (χ3n) is 8.20. The van der Waals surface area contributed by atoms with Crippen molar-refractivity contribution in [2.45, 2.75) is 51.6 Å². The van der Waals surface area contributed by atoms with E-state index in [-0.39, 0.29) is 35.5 Å². The number of nitrogens with zero attached hydrogens (tertiary/aromatic N) is 2. The summed E-state index contributed by atoms with van der Waals surface area (Å²) in [6.45, 7) is 8.30. The minimum atomic E-state index is -0.651. The van der Waals surface area contributed by atoms with Crippen LogP contribution in [0.3, 0.4) is 0 Å². The molecule has 34 heavy (non-hydrogen) atoms. The summed E-state index contributed by atoms with van der Waals surface area (Å²) >= 11 is 1.54. The molecule has 4 rings (SSSR count). The largest absolute Gasteiger partial charge is 0.508 e. The molecule has 0 saturated heterocycles. The van der Waals surface area contributed by atoms with Crippen molar-refractivity contribution in [1.82, 2.24) is 9.88 Å². The Bertz CT molecular complexity index is 1070. The molecular weight excluding hydrogens is 450 g/mol. The van der Waals surface area contributed by atoms with Crippen LogP contribution >= 0.6 is 11.3 Å². The molecule has 2 aliphatic carbocycles. The van der Waals surface area contributed by atoms with Crippen molar-refractivity contribution < 1.29 is 20.1 Å². The molecule has 1 heterocycles. The summed E-state index contributed by atoms with van der Waals surface area (Å²) < 4.78 is 0. The van der Waals surface area contributed by atoms with Crippen molar-refractivity contribution in [2.75, 3.05) is 25.5 Å². The van der Waals surface area contributed by atoms with Crippen molar-refractivity contribution in [2.24, 2.45) is 16.7 Å². The standard InChI is InChI=1S/C26H35N3O4S/c1-5-11-29(4)22(33)13-18-23-19(34-24(28-23)27-16-7-6-8-17(31)12-16)14-20-25(18,2)10-9-21(32)26(20,3)15-30/h5-8,12,18,20-21,30-32H,1,9-11,13-15H2,2-4H3,(H,27,28). The molecule has 0 aliphatic heterocycles. The number of thiazole rings is 1. The normalized spacial score (nSPS) is 30.2. The monoisotopic (exact) mass is 485 g/mol. The predicted molar refractivity (Wildman–Crippen MR) is 134 cm³/mol. The average Bonchev–Trinajstić information content (AvgIpc) is 3.20. The Morgan fingerprint density at radius 2 is 2.18 bits per heavy atom. The molecule has 0 radical (unpaired) electrons. The number of aliphatic hydroxyl groups excluding tert-OH is 2. The fraction of sp³-hybridized carbons (Fsp3) is 0.538. The lowest BCUT2D eigenvalue weighted by Crippen LogP contribution is -2.57. The predicted octanol–water partition coefficient (Wildman–Crippen LogP) is 4.04. The van der Waals surface area contributed by atoms with Gasteiger partial charge in [0.1, 0.15) is 5.75 Å². The molecule has 5 atom stereocenters. The second-order valence-corrected chi connectivity index (χ2v) is 11.4. The van der Waals surface area contributed by atoms with Crippen LogP contribution in [0.15, 0.2) is 36.9 Å². The number of benzene rings is 1. The molecule has 4 N–H and O–H groups in total. The molecule has 0 bridgehead atoms. The maximum atomic E-state index is 13.2. The zero-order valence-electron chi connectivity index (χ0n) is 20.1. The molecule has 1 fully saturated rings. The Morgan fingerprint density at radius 1 is 1.41 bits per heavy atom. The molecule has 2 aliphatic rings. The third-order valence-corrected chi connectivity index (χ3v) is 9.21. The zero-order valence-corrected chi connectivity index (χ0v) is 20.9. The van der Waals surface area contributed by atoms with Gasteiger partial charge in [-0.05, 0) is 42.7 Å². The summed E-state index contributed by atoms with van der Waals surface area (Å²) in [5.41, 5.74) is 0.735. The molecule has 1 amide bonds. The molecule has 1 aromatic heterocycles. The minimum absolute atomic E-state index is 0.0119. The van der Waals surface area contributed by atoms with E-state index in [9.17, 15) is 20.1 Å². The summed E-state index contributed by atoms with van der Waals surface area (Å²) in [7, 11) is 1.78. The van der Waals surface area contributed by atoms with Gasteiger partial charge in [0, 0.05) is 48.0 Å². The number of carbonyl (C=O) groups is 1. The van der Waals surface area contributed by atoms with Crippen LogP contribution in [0.4, 0.5) is 10.8 Å². The van der Waals surface area contributed by atoms with Gasteiger partial charge in [0.2, 0.25) is 5.91 Å². The number of fused-ring (bicyclic) bond motifs is 2. The quantitative estimate of drug-likeness (QED) is 0.441. The van der Waals surface area contributed by atoms with Gasteiger partial charge in [-0.1, -0.05) is 26.0 Å². The Kier molecular flexibility index (Phi) is 6.77. The summed E-state index contributed by atoms with van der Waals surface area (Å²) in [6.07, 6.45) is 3.50. The van der Waals surface area contributed by atoms with Gasteiger partial charge in [0.05, 0.1) is 18.4 Å². The lowest BCUT2D eigenvalue weighted by Gasteiger charge is -2.58. The SMILES string of the molecule is C=CCN(C)C(=O)CC1c2nc(Nc3cccc(O)c3)sc2CC2C(C)(CO)C(O)CCC12C. The lowest BCUT2D eigenvalue weighted by atomic mass is 9.47. The fourth-order valence-electron chi connectivity index (χ4n) is 6.03. The van der Waals surface area contributed by atoms with E-state index < -0.39 is 11.5 Å². The van der Waals surface area contributed by atoms with Gasteiger partial charge in [0.25, 0.3) is 0 Å². The van der Waals surface area contributed by atoms with E-state index >= 15 is 0 Å². The van der Waals surface area contributed by atoms with E-state index in [0.717, 1.165) is 22.7 Å². The maximum absolute atomic E-state index is 13.2. The maximum Gasteiger partial charge on any atom is 0.223 e. The summed E-state index contributed by atoms with van der Waals surface area (Å²) in [4.78, 5) is 20.9. The number of hydrogen-bond acceptors (Lipinski definition) is 7. The van der Waals surface area contributed by atoms with Crippen LogP contribution in [0, 0.1) is 16.7 Å². The topological polar surface area (TPSA) is 106 Å². The van der Waals surface area contributed by atoms with Crippen molar-refractivity contribution in [3.63, 3.8) is 0 Å². The van der Waals surface area contributed by atoms with Crippen LogP contribution in [0.5, 0.6) is 5.75 Å². The second-order valence-electron chi connectivity index (χ2n) is 10.3. The first-order valence-electron chi connectivity index (χ1n) is 11.8. The number of anilines is 2. The van der Waals surface area contributed by atoms with Crippen molar-refractivity contribution >= 4 is 28.1 Å². The second kappa shape index (κ2) is 9.32. The van der Waals surface area contributed by atoms with Crippen LogP contribution in [0.2, 0.25) is 0 Å². The molecule has 184 valence electrons. The van der Waals surface area contributed by atoms with Gasteiger partial charge >= 0.3 is 0 Å². The van der Waals surface area contributed by atoms with E-state index in [0.29, 0.717) is 30.9 Å². The molecule has 1 aromatic carbocycles. The van der Waals surface area contributed by atoms with Crippen LogP contribution in [0.25, 0.3) is 0 Å². The van der Waals surface area contributed by atoms with Crippen molar-refractivity contribution in [3.05, 3.63) is 47.5 Å². The Morgan fingerprint density at radius 3 is 2.85 bits per heavy atom. The summed E-state index contributed by atoms with van der Waals surface area (Å²) in [6, 6.07) is 6.90. The van der Waals surface area contributed by atoms with Gasteiger partial charge in [0.15, 0.2) is 5.13 Å². The van der Waals surface area contributed by atoms with Gasteiger partial charge in [-0.25, -0.2) is 4.98 Å². The number of hydrogen-bond donors (Lipinski definition) is 4. The number of phenolic OH excluding ortho intramolecular Hbond substituents is 1. The number of carbonyl (C=O) groups excluding carboxylic acids is 1. The number of likely N-dealkylation sites (N-methyl/N-ethyl adjacent to an activating group) is 1. The third kappa shape index (κ3) is 4.23. The lowest BCUT2D eigenvalue weighted by molar-refractivity contribution is -0.146. The molecule has 7 nitrogen and oxygen atoms in total. The van der Waals surface area contributed by atoms with Gasteiger partial charge in [-0.3, -0.25) is 4.79 Å². The van der Waals surface area contributed by atoms with E-state index in [2.05, 4.69) is 18.8 Å². The van der Waals surface area contributed by atoms with Gasteiger partial charge in [-0.15, -0.1) is 17.9 Å². The first kappa shape index (κ1) is 24.7. The van der Waals surface area contributed by atoms with Crippen LogP contribution < -0.4 is 5.32 Å². The Labute approximate surface area is 205 Å². The number of amides is 1. The Balaban J connectivity index is 1.75. The highest BCUT2D eigenvalue weighted by molar-refractivity contribution is 7.15. The van der Waals surface area contributed by atoms with E-state index in [1.807, 2.05) is 13.0 Å². The minimum Gasteiger partial charge on any atom is -0.508 e. The number of phenols is 1. The first-order chi connectivity index (χ1) is 16.1. The zero-order chi connectivity index (χ0) is 24.7. The van der Waals surface area contributed by atoms with E-state index in [4.69, 9.17) is 4.98 Å². The van der Waals surface area contributed by atoms with Gasteiger partial charge < -0.3 is 25.5 Å². The number of nitrogens with one attached hydrogen (secondary N) is 1. The van der Waals surface area contributed by atoms with Crippen LogP contribution in [-0.2, 0) is 11.2 Å². The smallest absolute Gasteiger partial charge is 0.223 e. The number of aromatic hydroxyl groups is 1. The molecule has 5 unspecified atom stereocenters.